The second kappa shape index (κ2) is 37.6. The number of unbranched alkanes of at least 4 members (excludes halogenated alkanes) is 9. The molecule has 2 unspecified atom stereocenters. The molecule has 1 aliphatic heterocycles. The summed E-state index contributed by atoms with van der Waals surface area (Å²) in [5, 5.41) is 31.0. The monoisotopic (exact) mass is 1040 g/mol. The number of hydrogen-bond acceptors (Lipinski definition) is 16. The van der Waals surface area contributed by atoms with Gasteiger partial charge in [-0.3, -0.25) is 23.2 Å². The number of phosphoric ester groups is 2. The molecule has 400 valence electrons. The molecule has 2 rings (SSSR count). The third-order valence-corrected chi connectivity index (χ3v) is 13.1. The van der Waals surface area contributed by atoms with Crippen LogP contribution in [0.5, 0.6) is 0 Å². The van der Waals surface area contributed by atoms with Gasteiger partial charge in [-0.2, -0.15) is 9.29 Å². The lowest BCUT2D eigenvalue weighted by Crippen LogP contribution is -2.36. The number of carbonyl (C=O) groups excluding carboxylic acids is 2. The summed E-state index contributed by atoms with van der Waals surface area (Å²) in [6, 6.07) is 1.24. The third-order valence-electron chi connectivity index (χ3n) is 10.5. The zero-order chi connectivity index (χ0) is 52.2. The molecule has 0 radical (unpaired) electrons. The Labute approximate surface area is 419 Å². The van der Waals surface area contributed by atoms with Gasteiger partial charge in [0.2, 0.25) is 0 Å². The highest BCUT2D eigenvalue weighted by Crippen LogP contribution is 2.60. The van der Waals surface area contributed by atoms with Crippen molar-refractivity contribution in [2.75, 3.05) is 25.6 Å². The Morgan fingerprint density at radius 2 is 1.31 bits per heavy atom. The predicted molar refractivity (Wildman–Crippen MR) is 271 cm³/mol. The standard InChI is InChI=1S/C50H79N3O16P2/c1-3-5-7-9-11-12-13-14-15-16-17-18-23-27-31-35-46(56)67-42(38-64-45(55)34-30-26-22-20-19-21-25-29-33-41(54)32-28-24-10-8-6-4-2)39-65-70(60,61)69-71(62,63)66-40-43-47(57)48(58)49(68-43)53-37-36-44(51)52-50(53)59/h11-12,14-15,17-18,20-22,24-25,28-29,33,36-37,41-43,47-49,54,57-58H,3-10,13,16,19,23,26-27,30-32,34-35,38-40H2,1-2H3,(H,60,61)(H,62,63)(H2,51,52,59)/b12-11-,15-14-,18-17-,22-20-,25-21-,28-24-,33-29+/t41-,42-,43-,47-,48-,49-/m1/s1. The molecule has 0 aromatic carbocycles. The Bertz CT molecular complexity index is 2040. The third kappa shape index (κ3) is 30.5. The van der Waals surface area contributed by atoms with Crippen LogP contribution in [0.4, 0.5) is 5.82 Å². The first-order valence-corrected chi connectivity index (χ1v) is 27.7. The number of rotatable bonds is 39. The summed E-state index contributed by atoms with van der Waals surface area (Å²) >= 11 is 0. The number of aromatic nitrogens is 2. The van der Waals surface area contributed by atoms with Crippen LogP contribution in [-0.4, -0.2) is 96.9 Å². The number of hydrogen-bond donors (Lipinski definition) is 6. The summed E-state index contributed by atoms with van der Waals surface area (Å²) in [7, 11) is -10.9. The second-order valence-corrected chi connectivity index (χ2v) is 19.8. The molecule has 19 nitrogen and oxygen atoms in total. The van der Waals surface area contributed by atoms with Crippen molar-refractivity contribution in [3.05, 3.63) is 108 Å². The van der Waals surface area contributed by atoms with Crippen LogP contribution in [0, 0.1) is 0 Å². The van der Waals surface area contributed by atoms with Crippen molar-refractivity contribution in [3.8, 4) is 0 Å². The van der Waals surface area contributed by atoms with E-state index in [0.29, 0.717) is 38.5 Å². The molecule has 2 heterocycles. The lowest BCUT2D eigenvalue weighted by atomic mass is 10.1. The molecule has 1 aliphatic rings. The summed E-state index contributed by atoms with van der Waals surface area (Å²) in [6.45, 7) is 1.91. The average Bonchev–Trinajstić information content (AvgIpc) is 3.60. The normalized spacial score (nSPS) is 20.3. The van der Waals surface area contributed by atoms with Crippen LogP contribution in [-0.2, 0) is 46.3 Å². The molecule has 21 heteroatoms. The molecule has 0 aliphatic carbocycles. The maximum atomic E-state index is 12.8. The van der Waals surface area contributed by atoms with Crippen LogP contribution in [0.1, 0.15) is 142 Å². The summed E-state index contributed by atoms with van der Waals surface area (Å²) in [5.74, 6) is -1.46. The van der Waals surface area contributed by atoms with E-state index in [-0.39, 0.29) is 18.7 Å². The summed E-state index contributed by atoms with van der Waals surface area (Å²) in [4.78, 5) is 61.8. The number of carbonyl (C=O) groups is 2. The smallest absolute Gasteiger partial charge is 0.462 e. The molecule has 0 amide bonds. The van der Waals surface area contributed by atoms with Crippen molar-refractivity contribution in [1.29, 1.82) is 0 Å². The first-order chi connectivity index (χ1) is 34.1. The molecule has 7 N–H and O–H groups in total. The predicted octanol–water partition coefficient (Wildman–Crippen LogP) is 8.86. The number of anilines is 1. The molecule has 1 saturated heterocycles. The van der Waals surface area contributed by atoms with E-state index in [9.17, 15) is 48.6 Å². The minimum absolute atomic E-state index is 0.00624. The van der Waals surface area contributed by atoms with Crippen LogP contribution >= 0.6 is 15.6 Å². The van der Waals surface area contributed by atoms with Crippen molar-refractivity contribution in [1.82, 2.24) is 9.55 Å². The second-order valence-electron chi connectivity index (χ2n) is 16.8. The molecule has 1 aromatic heterocycles. The zero-order valence-corrected chi connectivity index (χ0v) is 43.1. The quantitative estimate of drug-likeness (QED) is 0.0118. The van der Waals surface area contributed by atoms with Gasteiger partial charge in [-0.1, -0.05) is 125 Å². The van der Waals surface area contributed by atoms with Crippen molar-refractivity contribution in [2.24, 2.45) is 0 Å². The van der Waals surface area contributed by atoms with Gasteiger partial charge in [0.1, 0.15) is 30.7 Å². The highest BCUT2D eigenvalue weighted by atomic mass is 31.3. The minimum atomic E-state index is -5.46. The van der Waals surface area contributed by atoms with Crippen molar-refractivity contribution < 1.29 is 71.4 Å². The first kappa shape index (κ1) is 63.0. The highest BCUT2D eigenvalue weighted by Gasteiger charge is 2.46. The van der Waals surface area contributed by atoms with Gasteiger partial charge >= 0.3 is 33.3 Å². The number of nitrogens with two attached hydrogens (primary N) is 1. The van der Waals surface area contributed by atoms with E-state index in [4.69, 9.17) is 29.0 Å². The minimum Gasteiger partial charge on any atom is -0.462 e. The number of nitrogens with zero attached hydrogens (tertiary/aromatic N) is 2. The van der Waals surface area contributed by atoms with Gasteiger partial charge in [0.15, 0.2) is 12.3 Å². The van der Waals surface area contributed by atoms with Crippen LogP contribution in [0.15, 0.2) is 102 Å². The fourth-order valence-electron chi connectivity index (χ4n) is 6.63. The fraction of sp³-hybridized carbons (Fsp3) is 0.600. The van der Waals surface area contributed by atoms with Gasteiger partial charge in [-0.25, -0.2) is 13.9 Å². The summed E-state index contributed by atoms with van der Waals surface area (Å²) < 4.78 is 56.6. The zero-order valence-electron chi connectivity index (χ0n) is 41.4. The van der Waals surface area contributed by atoms with E-state index in [2.05, 4.69) is 53.5 Å². The van der Waals surface area contributed by atoms with Gasteiger partial charge in [0, 0.05) is 19.0 Å². The Hall–Kier alpha value is -4.10. The molecule has 0 spiro atoms. The Morgan fingerprint density at radius 1 is 0.746 bits per heavy atom. The van der Waals surface area contributed by atoms with E-state index in [1.807, 2.05) is 42.5 Å². The molecule has 8 atom stereocenters. The SMILES string of the molecule is CCCCC/C=C\C/C=C\C/C=C\CCCCC(=O)O[C@H](COC(=O)CCC/C=C\C/C=C\C=C\[C@H](O)C/C=C\CCCCC)COP(=O)(O)OP(=O)(O)OC[C@H]1O[C@@H](n2ccc(N)nc2=O)[C@H](O)[C@@H]1O. The number of esters is 2. The van der Waals surface area contributed by atoms with Crippen LogP contribution in [0.3, 0.4) is 0 Å². The molecular formula is C50H79N3O16P2. The molecule has 0 saturated carbocycles. The van der Waals surface area contributed by atoms with Crippen molar-refractivity contribution in [3.63, 3.8) is 0 Å². The Balaban J connectivity index is 1.87. The Kier molecular flexibility index (Phi) is 33.4. The maximum Gasteiger partial charge on any atom is 0.481 e. The highest BCUT2D eigenvalue weighted by molar-refractivity contribution is 7.61. The first-order valence-electron chi connectivity index (χ1n) is 24.7. The summed E-state index contributed by atoms with van der Waals surface area (Å²) in [5.41, 5.74) is 4.57. The Morgan fingerprint density at radius 3 is 1.94 bits per heavy atom. The van der Waals surface area contributed by atoms with Crippen LogP contribution in [0.2, 0.25) is 0 Å². The lowest BCUT2D eigenvalue weighted by molar-refractivity contribution is -0.161. The van der Waals surface area contributed by atoms with E-state index < -0.39 is 89.8 Å². The molecule has 71 heavy (non-hydrogen) atoms. The molecule has 1 aromatic rings. The van der Waals surface area contributed by atoms with E-state index >= 15 is 0 Å². The number of aliphatic hydroxyl groups excluding tert-OH is 3. The number of aliphatic hydroxyl groups is 3. The summed E-state index contributed by atoms with van der Waals surface area (Å²) in [6.07, 6.45) is 35.6. The fourth-order valence-corrected chi connectivity index (χ4v) is 8.74. The molecule has 1 fully saturated rings. The van der Waals surface area contributed by atoms with Gasteiger partial charge in [0.05, 0.1) is 19.3 Å². The van der Waals surface area contributed by atoms with Gasteiger partial charge in [-0.15, -0.1) is 0 Å². The van der Waals surface area contributed by atoms with Crippen LogP contribution in [0.25, 0.3) is 0 Å². The number of phosphoric acid groups is 2. The number of allylic oxidation sites excluding steroid dienone is 12. The topological polar surface area (TPSA) is 286 Å². The van der Waals surface area contributed by atoms with Crippen molar-refractivity contribution in [2.45, 2.75) is 173 Å². The lowest BCUT2D eigenvalue weighted by Gasteiger charge is -2.21. The maximum absolute atomic E-state index is 12.8. The average molecular weight is 1040 g/mol. The van der Waals surface area contributed by atoms with Gasteiger partial charge < -0.3 is 45.1 Å². The van der Waals surface area contributed by atoms with E-state index in [0.717, 1.165) is 49.3 Å². The van der Waals surface area contributed by atoms with Crippen molar-refractivity contribution >= 4 is 33.4 Å². The molecular weight excluding hydrogens is 961 g/mol. The van der Waals surface area contributed by atoms with Crippen LogP contribution < -0.4 is 11.4 Å². The van der Waals surface area contributed by atoms with E-state index in [1.165, 1.54) is 38.2 Å². The van der Waals surface area contributed by atoms with Gasteiger partial charge in [0.25, 0.3) is 0 Å². The number of ether oxygens (including phenoxy) is 3. The number of nitrogen functional groups attached to an aromatic ring is 1. The largest absolute Gasteiger partial charge is 0.481 e. The van der Waals surface area contributed by atoms with E-state index in [1.54, 1.807) is 12.2 Å². The van der Waals surface area contributed by atoms with Gasteiger partial charge in [-0.05, 0) is 89.5 Å². The molecule has 0 bridgehead atoms.